The fraction of sp³-hybridized carbons (Fsp3) is 0.391. The van der Waals surface area contributed by atoms with Crippen LogP contribution in [0.4, 0.5) is 0 Å². The summed E-state index contributed by atoms with van der Waals surface area (Å²) in [5.74, 6) is 1.61. The van der Waals surface area contributed by atoms with Crippen LogP contribution in [0, 0.1) is 0 Å². The maximum atomic E-state index is 12.6. The number of carbonyl (C=O) groups excluding carboxylic acids is 2. The van der Waals surface area contributed by atoms with Crippen molar-refractivity contribution in [2.75, 3.05) is 19.7 Å². The van der Waals surface area contributed by atoms with E-state index in [1.807, 2.05) is 35.2 Å². The van der Waals surface area contributed by atoms with Crippen LogP contribution in [0.2, 0.25) is 5.02 Å². The second-order valence-electron chi connectivity index (χ2n) is 7.67. The highest BCUT2D eigenvalue weighted by atomic mass is 35.5. The van der Waals surface area contributed by atoms with E-state index in [4.69, 9.17) is 21.1 Å². The standard InChI is InChI=1S/C23H24ClNO4/c24-17-8-9-21-19(15-17)20(26)16-23(29-21)10-12-25(13-11-23)22(27)7-4-14-28-18-5-2-1-3-6-18/h1-3,5-6,8-9,15H,4,7,10-14,16H2. The van der Waals surface area contributed by atoms with Gasteiger partial charge in [0, 0.05) is 37.4 Å². The minimum Gasteiger partial charge on any atom is -0.494 e. The monoisotopic (exact) mass is 413 g/mol. The number of benzene rings is 2. The molecule has 152 valence electrons. The van der Waals surface area contributed by atoms with Gasteiger partial charge >= 0.3 is 0 Å². The van der Waals surface area contributed by atoms with Gasteiger partial charge in [-0.1, -0.05) is 29.8 Å². The fourth-order valence-electron chi connectivity index (χ4n) is 4.00. The third-order valence-corrected chi connectivity index (χ3v) is 5.86. The summed E-state index contributed by atoms with van der Waals surface area (Å²) >= 11 is 6.00. The summed E-state index contributed by atoms with van der Waals surface area (Å²) in [7, 11) is 0. The summed E-state index contributed by atoms with van der Waals surface area (Å²) in [6.07, 6.45) is 2.80. The molecule has 0 atom stereocenters. The second-order valence-corrected chi connectivity index (χ2v) is 8.11. The number of fused-ring (bicyclic) bond motifs is 1. The number of halogens is 1. The van der Waals surface area contributed by atoms with Crippen LogP contribution in [0.1, 0.15) is 42.5 Å². The van der Waals surface area contributed by atoms with E-state index in [1.54, 1.807) is 18.2 Å². The molecule has 2 aromatic carbocycles. The number of ether oxygens (including phenoxy) is 2. The molecule has 1 amide bonds. The summed E-state index contributed by atoms with van der Waals surface area (Å²) < 4.78 is 11.9. The van der Waals surface area contributed by atoms with E-state index in [2.05, 4.69) is 0 Å². The predicted octanol–water partition coefficient (Wildman–Crippen LogP) is 4.53. The average Bonchev–Trinajstić information content (AvgIpc) is 2.73. The Morgan fingerprint density at radius 2 is 1.90 bits per heavy atom. The minimum atomic E-state index is -0.509. The van der Waals surface area contributed by atoms with Crippen molar-refractivity contribution in [3.8, 4) is 11.5 Å². The molecule has 4 rings (SSSR count). The van der Waals surface area contributed by atoms with Crippen molar-refractivity contribution in [2.24, 2.45) is 0 Å². The van der Waals surface area contributed by atoms with E-state index < -0.39 is 5.60 Å². The molecule has 0 aromatic heterocycles. The van der Waals surface area contributed by atoms with E-state index in [-0.39, 0.29) is 11.7 Å². The van der Waals surface area contributed by atoms with Gasteiger partial charge in [0.2, 0.25) is 5.91 Å². The number of piperidine rings is 1. The van der Waals surface area contributed by atoms with Gasteiger partial charge in [-0.3, -0.25) is 9.59 Å². The molecule has 1 saturated heterocycles. The van der Waals surface area contributed by atoms with Crippen molar-refractivity contribution in [3.63, 3.8) is 0 Å². The Morgan fingerprint density at radius 3 is 2.66 bits per heavy atom. The number of rotatable bonds is 5. The topological polar surface area (TPSA) is 55.8 Å². The molecule has 2 aliphatic heterocycles. The van der Waals surface area contributed by atoms with Crippen molar-refractivity contribution in [3.05, 3.63) is 59.1 Å². The molecule has 0 unspecified atom stereocenters. The van der Waals surface area contributed by atoms with Gasteiger partial charge in [0.15, 0.2) is 5.78 Å². The lowest BCUT2D eigenvalue weighted by molar-refractivity contribution is -0.135. The van der Waals surface area contributed by atoms with Crippen LogP contribution in [0.15, 0.2) is 48.5 Å². The molecule has 0 N–H and O–H groups in total. The summed E-state index contributed by atoms with van der Waals surface area (Å²) in [6.45, 7) is 1.73. The number of amides is 1. The van der Waals surface area contributed by atoms with Crippen molar-refractivity contribution in [1.29, 1.82) is 0 Å². The highest BCUT2D eigenvalue weighted by Gasteiger charge is 2.43. The van der Waals surface area contributed by atoms with Gasteiger partial charge in [-0.15, -0.1) is 0 Å². The van der Waals surface area contributed by atoms with Crippen molar-refractivity contribution in [1.82, 2.24) is 4.90 Å². The molecule has 0 bridgehead atoms. The van der Waals surface area contributed by atoms with E-state index in [0.717, 1.165) is 5.75 Å². The molecule has 1 fully saturated rings. The van der Waals surface area contributed by atoms with Crippen LogP contribution >= 0.6 is 11.6 Å². The molecule has 5 nitrogen and oxygen atoms in total. The Hall–Kier alpha value is -2.53. The lowest BCUT2D eigenvalue weighted by Crippen LogP contribution is -2.52. The quantitative estimate of drug-likeness (QED) is 0.676. The summed E-state index contributed by atoms with van der Waals surface area (Å²) in [4.78, 5) is 27.0. The molecular formula is C23H24ClNO4. The maximum Gasteiger partial charge on any atom is 0.222 e. The van der Waals surface area contributed by atoms with E-state index in [0.29, 0.717) is 68.1 Å². The second kappa shape index (κ2) is 8.46. The van der Waals surface area contributed by atoms with Gasteiger partial charge in [-0.2, -0.15) is 0 Å². The molecule has 6 heteroatoms. The molecule has 0 aliphatic carbocycles. The highest BCUT2D eigenvalue weighted by molar-refractivity contribution is 6.31. The van der Waals surface area contributed by atoms with E-state index >= 15 is 0 Å². The summed E-state index contributed by atoms with van der Waals surface area (Å²) in [6, 6.07) is 14.8. The fourth-order valence-corrected chi connectivity index (χ4v) is 4.17. The van der Waals surface area contributed by atoms with Crippen LogP contribution in [0.3, 0.4) is 0 Å². The molecule has 29 heavy (non-hydrogen) atoms. The van der Waals surface area contributed by atoms with Crippen molar-refractivity contribution >= 4 is 23.3 Å². The number of hydrogen-bond acceptors (Lipinski definition) is 4. The Bertz CT molecular complexity index is 891. The predicted molar refractivity (Wildman–Crippen MR) is 111 cm³/mol. The van der Waals surface area contributed by atoms with E-state index in [9.17, 15) is 9.59 Å². The lowest BCUT2D eigenvalue weighted by atomic mass is 9.82. The third-order valence-electron chi connectivity index (χ3n) is 5.63. The summed E-state index contributed by atoms with van der Waals surface area (Å²) in [5, 5.41) is 0.535. The zero-order valence-corrected chi connectivity index (χ0v) is 17.0. The Labute approximate surface area is 175 Å². The van der Waals surface area contributed by atoms with E-state index in [1.165, 1.54) is 0 Å². The number of hydrogen-bond donors (Lipinski definition) is 0. The van der Waals surface area contributed by atoms with Crippen molar-refractivity contribution in [2.45, 2.75) is 37.7 Å². The summed E-state index contributed by atoms with van der Waals surface area (Å²) in [5.41, 5.74) is 0.0468. The van der Waals surface area contributed by atoms with Crippen LogP contribution in [-0.2, 0) is 4.79 Å². The lowest BCUT2D eigenvalue weighted by Gasteiger charge is -2.44. The number of nitrogens with zero attached hydrogens (tertiary/aromatic N) is 1. The number of ketones is 1. The smallest absolute Gasteiger partial charge is 0.222 e. The highest BCUT2D eigenvalue weighted by Crippen LogP contribution is 2.40. The third kappa shape index (κ3) is 4.56. The van der Waals surface area contributed by atoms with Gasteiger partial charge in [0.25, 0.3) is 0 Å². The van der Waals surface area contributed by atoms with Gasteiger partial charge in [-0.25, -0.2) is 0 Å². The van der Waals surface area contributed by atoms with Gasteiger partial charge < -0.3 is 14.4 Å². The van der Waals surface area contributed by atoms with Gasteiger partial charge in [-0.05, 0) is 36.8 Å². The van der Waals surface area contributed by atoms with Crippen LogP contribution in [0.5, 0.6) is 11.5 Å². The minimum absolute atomic E-state index is 0.0617. The number of para-hydroxylation sites is 1. The molecular weight excluding hydrogens is 390 g/mol. The number of carbonyl (C=O) groups is 2. The largest absolute Gasteiger partial charge is 0.494 e. The molecule has 2 aliphatic rings. The first kappa shape index (κ1) is 19.8. The first-order chi connectivity index (χ1) is 14.0. The molecule has 2 aromatic rings. The van der Waals surface area contributed by atoms with Crippen LogP contribution < -0.4 is 9.47 Å². The number of likely N-dealkylation sites (tertiary alicyclic amines) is 1. The van der Waals surface area contributed by atoms with Gasteiger partial charge in [0.05, 0.1) is 18.6 Å². The van der Waals surface area contributed by atoms with Crippen LogP contribution in [-0.4, -0.2) is 41.9 Å². The first-order valence-corrected chi connectivity index (χ1v) is 10.4. The van der Waals surface area contributed by atoms with Crippen LogP contribution in [0.25, 0.3) is 0 Å². The normalized spacial score (nSPS) is 17.6. The first-order valence-electron chi connectivity index (χ1n) is 10.0. The molecule has 1 spiro atoms. The zero-order valence-electron chi connectivity index (χ0n) is 16.2. The van der Waals surface area contributed by atoms with Gasteiger partial charge in [0.1, 0.15) is 17.1 Å². The number of Topliss-reactive ketones (excluding diaryl/α,β-unsaturated/α-hetero) is 1. The SMILES string of the molecule is O=C1CC2(CCN(C(=O)CCCOc3ccccc3)CC2)Oc2ccc(Cl)cc21. The maximum absolute atomic E-state index is 12.6. The Balaban J connectivity index is 1.26. The zero-order chi connectivity index (χ0) is 20.3. The average molecular weight is 414 g/mol. The Kier molecular flexibility index (Phi) is 5.76. The molecule has 0 saturated carbocycles. The Morgan fingerprint density at radius 1 is 1.14 bits per heavy atom. The van der Waals surface area contributed by atoms with Crippen molar-refractivity contribution < 1.29 is 19.1 Å². The molecule has 0 radical (unpaired) electrons. The molecule has 2 heterocycles.